The fourth-order valence-electron chi connectivity index (χ4n) is 6.81. The zero-order valence-corrected chi connectivity index (χ0v) is 25.6. The molecule has 3 aromatic rings. The summed E-state index contributed by atoms with van der Waals surface area (Å²) in [5.41, 5.74) is 7.86. The third kappa shape index (κ3) is 9.32. The van der Waals surface area contributed by atoms with Gasteiger partial charge in [-0.2, -0.15) is 0 Å². The van der Waals surface area contributed by atoms with Crippen molar-refractivity contribution in [3.63, 3.8) is 0 Å². The van der Waals surface area contributed by atoms with Gasteiger partial charge in [0.1, 0.15) is 0 Å². The summed E-state index contributed by atoms with van der Waals surface area (Å²) in [7, 11) is 0. The van der Waals surface area contributed by atoms with Crippen molar-refractivity contribution in [1.29, 1.82) is 0 Å². The van der Waals surface area contributed by atoms with Gasteiger partial charge in [0.25, 0.3) is 0 Å². The van der Waals surface area contributed by atoms with E-state index in [1.165, 1.54) is 91.2 Å². The van der Waals surface area contributed by atoms with Gasteiger partial charge in [0, 0.05) is 0 Å². The summed E-state index contributed by atoms with van der Waals surface area (Å²) in [5.74, 6) is 0.825. The minimum absolute atomic E-state index is 0.206. The normalized spacial score (nSPS) is 17.8. The second-order valence-electron chi connectivity index (χ2n) is 12.5. The molecular weight excluding hydrogens is 500 g/mol. The van der Waals surface area contributed by atoms with E-state index in [-0.39, 0.29) is 5.92 Å². The average molecular weight is 553 g/mol. The van der Waals surface area contributed by atoms with E-state index in [0.29, 0.717) is 0 Å². The predicted molar refractivity (Wildman–Crippen MR) is 174 cm³/mol. The zero-order chi connectivity index (χ0) is 28.9. The van der Waals surface area contributed by atoms with Crippen LogP contribution in [0.3, 0.4) is 0 Å². The van der Waals surface area contributed by atoms with Gasteiger partial charge in [0.2, 0.25) is 0 Å². The van der Waals surface area contributed by atoms with Crippen molar-refractivity contribution in [3.05, 3.63) is 83.9 Å². The quantitative estimate of drug-likeness (QED) is 0.179. The predicted octanol–water partition coefficient (Wildman–Crippen LogP) is 11.5. The van der Waals surface area contributed by atoms with Crippen molar-refractivity contribution >= 4 is 5.97 Å². The maximum atomic E-state index is 11.6. The van der Waals surface area contributed by atoms with Crippen LogP contribution in [0.1, 0.15) is 121 Å². The topological polar surface area (TPSA) is 37.3 Å². The largest absolute Gasteiger partial charge is 0.481 e. The monoisotopic (exact) mass is 552 g/mol. The number of carboxylic acids is 1. The van der Waals surface area contributed by atoms with Crippen LogP contribution in [0.25, 0.3) is 22.3 Å². The van der Waals surface area contributed by atoms with Crippen LogP contribution in [0.15, 0.2) is 72.8 Å². The molecule has 2 nitrogen and oxygen atoms in total. The van der Waals surface area contributed by atoms with Gasteiger partial charge < -0.3 is 5.11 Å². The molecule has 1 aliphatic rings. The first kappa shape index (κ1) is 31.1. The van der Waals surface area contributed by atoms with Gasteiger partial charge in [0.05, 0.1) is 5.92 Å². The lowest BCUT2D eigenvalue weighted by atomic mass is 9.77. The maximum Gasteiger partial charge on any atom is 0.306 e. The van der Waals surface area contributed by atoms with E-state index in [0.717, 1.165) is 50.4 Å². The Morgan fingerprint density at radius 1 is 0.707 bits per heavy atom. The highest BCUT2D eigenvalue weighted by atomic mass is 16.4. The molecule has 0 amide bonds. The zero-order valence-electron chi connectivity index (χ0n) is 25.6. The molecule has 1 N–H and O–H groups in total. The highest BCUT2D eigenvalue weighted by Gasteiger charge is 2.22. The molecule has 2 heteroatoms. The summed E-state index contributed by atoms with van der Waals surface area (Å²) in [6, 6.07) is 27.1. The van der Waals surface area contributed by atoms with E-state index in [1.807, 2.05) is 0 Å². The number of aliphatic carboxylic acids is 1. The first-order valence-electron chi connectivity index (χ1n) is 16.6. The smallest absolute Gasteiger partial charge is 0.306 e. The summed E-state index contributed by atoms with van der Waals surface area (Å²) in [6.07, 6.45) is 17.9. The summed E-state index contributed by atoms with van der Waals surface area (Å²) in [6.45, 7) is 4.42. The van der Waals surface area contributed by atoms with Crippen LogP contribution >= 0.6 is 0 Å². The van der Waals surface area contributed by atoms with Gasteiger partial charge in [-0.1, -0.05) is 132 Å². The molecule has 0 spiro atoms. The molecule has 0 radical (unpaired) electrons. The maximum absolute atomic E-state index is 11.6. The molecule has 0 bridgehead atoms. The van der Waals surface area contributed by atoms with Gasteiger partial charge in [-0.25, -0.2) is 0 Å². The second-order valence-corrected chi connectivity index (χ2v) is 12.5. The molecule has 1 saturated carbocycles. The van der Waals surface area contributed by atoms with Crippen LogP contribution in [0.4, 0.5) is 0 Å². The average Bonchev–Trinajstić information content (AvgIpc) is 3.01. The number of hydrogen-bond donors (Lipinski definition) is 1. The molecule has 0 aromatic heterocycles. The Labute approximate surface area is 249 Å². The van der Waals surface area contributed by atoms with E-state index < -0.39 is 5.97 Å². The Morgan fingerprint density at radius 3 is 1.88 bits per heavy atom. The molecule has 1 unspecified atom stereocenters. The van der Waals surface area contributed by atoms with Crippen molar-refractivity contribution in [1.82, 2.24) is 0 Å². The molecule has 0 saturated heterocycles. The third-order valence-corrected chi connectivity index (χ3v) is 9.47. The Kier molecular flexibility index (Phi) is 12.5. The van der Waals surface area contributed by atoms with E-state index in [4.69, 9.17) is 0 Å². The summed E-state index contributed by atoms with van der Waals surface area (Å²) >= 11 is 0. The highest BCUT2D eigenvalue weighted by molar-refractivity contribution is 5.83. The van der Waals surface area contributed by atoms with Crippen molar-refractivity contribution in [2.24, 2.45) is 11.8 Å². The Bertz CT molecular complexity index is 1170. The first-order valence-corrected chi connectivity index (χ1v) is 16.6. The number of benzene rings is 3. The Balaban J connectivity index is 1.34. The van der Waals surface area contributed by atoms with E-state index in [1.54, 1.807) is 0 Å². The molecule has 41 heavy (non-hydrogen) atoms. The van der Waals surface area contributed by atoms with Crippen LogP contribution < -0.4 is 0 Å². The van der Waals surface area contributed by atoms with Crippen molar-refractivity contribution in [3.8, 4) is 22.3 Å². The minimum Gasteiger partial charge on any atom is -0.481 e. The van der Waals surface area contributed by atoms with Gasteiger partial charge in [0.15, 0.2) is 0 Å². The second kappa shape index (κ2) is 16.5. The minimum atomic E-state index is -0.640. The Hall–Kier alpha value is -2.87. The van der Waals surface area contributed by atoms with Crippen LogP contribution in [-0.2, 0) is 11.2 Å². The fourth-order valence-corrected chi connectivity index (χ4v) is 6.81. The summed E-state index contributed by atoms with van der Waals surface area (Å²) in [4.78, 5) is 11.6. The number of unbranched alkanes of at least 4 members (excludes halogenated alkanes) is 4. The lowest BCUT2D eigenvalue weighted by Crippen LogP contribution is -2.13. The van der Waals surface area contributed by atoms with Crippen LogP contribution in [0, 0.1) is 11.8 Å². The van der Waals surface area contributed by atoms with Gasteiger partial charge in [-0.15, -0.1) is 0 Å². The van der Waals surface area contributed by atoms with Crippen LogP contribution in [0.2, 0.25) is 0 Å². The SMILES string of the molecule is CCCCCCC1CCC(c2ccc(-c3ccccc3-c3ccc(CCCC(CCCC)C(=O)O)cc3)cc2)CC1. The fraction of sp³-hybridized carbons (Fsp3) is 0.513. The van der Waals surface area contributed by atoms with Crippen molar-refractivity contribution in [2.75, 3.05) is 0 Å². The molecule has 0 aliphatic heterocycles. The lowest BCUT2D eigenvalue weighted by molar-refractivity contribution is -0.142. The molecule has 3 aromatic carbocycles. The number of rotatable bonds is 16. The summed E-state index contributed by atoms with van der Waals surface area (Å²) in [5, 5.41) is 9.51. The molecule has 1 fully saturated rings. The standard InChI is InChI=1S/C39H52O2/c1-3-5-7-8-12-30-18-22-32(23-19-30)33-26-28-35(29-27-33)38-17-10-9-16-37(38)34-24-20-31(21-25-34)13-11-15-36(39(40)41)14-6-4-2/h9-10,16-17,20-21,24-30,32,36H,3-8,11-15,18-19,22-23H2,1-2H3,(H,40,41). The highest BCUT2D eigenvalue weighted by Crippen LogP contribution is 2.39. The third-order valence-electron chi connectivity index (χ3n) is 9.47. The van der Waals surface area contributed by atoms with Crippen molar-refractivity contribution < 1.29 is 9.90 Å². The van der Waals surface area contributed by atoms with Crippen molar-refractivity contribution in [2.45, 2.75) is 116 Å². The molecule has 4 rings (SSSR count). The number of carbonyl (C=O) groups is 1. The molecule has 1 atom stereocenters. The molecule has 0 heterocycles. The van der Waals surface area contributed by atoms with Gasteiger partial charge >= 0.3 is 5.97 Å². The molecule has 220 valence electrons. The molecular formula is C39H52O2. The van der Waals surface area contributed by atoms with Gasteiger partial charge in [-0.3, -0.25) is 4.79 Å². The number of aryl methyl sites for hydroxylation is 1. The number of hydrogen-bond acceptors (Lipinski definition) is 1. The van der Waals surface area contributed by atoms with E-state index in [9.17, 15) is 9.90 Å². The van der Waals surface area contributed by atoms with Gasteiger partial charge in [-0.05, 0) is 96.6 Å². The lowest BCUT2D eigenvalue weighted by Gasteiger charge is -2.29. The van der Waals surface area contributed by atoms with Crippen LogP contribution in [-0.4, -0.2) is 11.1 Å². The summed E-state index contributed by atoms with van der Waals surface area (Å²) < 4.78 is 0. The molecule has 1 aliphatic carbocycles. The first-order chi connectivity index (χ1) is 20.1. The van der Waals surface area contributed by atoms with E-state index >= 15 is 0 Å². The van der Waals surface area contributed by atoms with Crippen LogP contribution in [0.5, 0.6) is 0 Å². The number of carboxylic acid groups (broad SMARTS) is 1. The Morgan fingerprint density at radius 2 is 1.29 bits per heavy atom. The van der Waals surface area contributed by atoms with E-state index in [2.05, 4.69) is 86.6 Å².